The maximum atomic E-state index is 11.9. The number of hydrogen-bond acceptors (Lipinski definition) is 3. The highest BCUT2D eigenvalue weighted by Crippen LogP contribution is 2.27. The lowest BCUT2D eigenvalue weighted by molar-refractivity contribution is -0.184. The minimum Gasteiger partial charge on any atom is -0.316 e. The van der Waals surface area contributed by atoms with Crippen molar-refractivity contribution in [3.8, 4) is 0 Å². The average Bonchev–Trinajstić information content (AvgIpc) is 2.70. The lowest BCUT2D eigenvalue weighted by atomic mass is 10.1. The fourth-order valence-electron chi connectivity index (χ4n) is 2.08. The SMILES string of the molecule is CC1=C(C)C(=O)N2CCCC2N(O)C1=O. The zero-order chi connectivity index (χ0) is 11.2. The van der Waals surface area contributed by atoms with Gasteiger partial charge in [0.05, 0.1) is 0 Å². The Morgan fingerprint density at radius 3 is 2.47 bits per heavy atom. The molecule has 0 radical (unpaired) electrons. The topological polar surface area (TPSA) is 60.9 Å². The summed E-state index contributed by atoms with van der Waals surface area (Å²) in [5, 5.41) is 10.4. The molecule has 2 rings (SSSR count). The molecule has 0 aromatic carbocycles. The first kappa shape index (κ1) is 10.2. The molecule has 1 saturated heterocycles. The molecule has 2 amide bonds. The van der Waals surface area contributed by atoms with Gasteiger partial charge in [-0.3, -0.25) is 14.8 Å². The molecule has 0 saturated carbocycles. The Balaban J connectivity index is 2.46. The molecule has 2 heterocycles. The Labute approximate surface area is 87.9 Å². The number of amides is 2. The third kappa shape index (κ3) is 1.34. The highest BCUT2D eigenvalue weighted by molar-refractivity contribution is 6.05. The van der Waals surface area contributed by atoms with Gasteiger partial charge in [0.2, 0.25) is 0 Å². The quantitative estimate of drug-likeness (QED) is 0.592. The van der Waals surface area contributed by atoms with Crippen LogP contribution in [0.2, 0.25) is 0 Å². The second-order valence-corrected chi connectivity index (χ2v) is 4.02. The molecule has 1 unspecified atom stereocenters. The molecule has 2 aliphatic rings. The van der Waals surface area contributed by atoms with E-state index in [-0.39, 0.29) is 5.91 Å². The maximum absolute atomic E-state index is 11.9. The molecule has 82 valence electrons. The Kier molecular flexibility index (Phi) is 2.26. The monoisotopic (exact) mass is 210 g/mol. The first-order valence-electron chi connectivity index (χ1n) is 5.05. The first-order chi connectivity index (χ1) is 7.04. The van der Waals surface area contributed by atoms with Crippen LogP contribution in [0.5, 0.6) is 0 Å². The maximum Gasteiger partial charge on any atom is 0.275 e. The molecule has 1 N–H and O–H groups in total. The summed E-state index contributed by atoms with van der Waals surface area (Å²) in [7, 11) is 0. The van der Waals surface area contributed by atoms with Crippen LogP contribution in [0.25, 0.3) is 0 Å². The van der Waals surface area contributed by atoms with Gasteiger partial charge >= 0.3 is 0 Å². The standard InChI is InChI=1S/C10H14N2O3/c1-6-7(2)10(14)12(15)8-4-3-5-11(8)9(6)13/h8,15H,3-5H2,1-2H3. The minimum absolute atomic E-state index is 0.139. The highest BCUT2D eigenvalue weighted by Gasteiger charge is 2.39. The smallest absolute Gasteiger partial charge is 0.275 e. The number of carbonyl (C=O) groups excluding carboxylic acids is 2. The van der Waals surface area contributed by atoms with Crippen molar-refractivity contribution in [1.29, 1.82) is 0 Å². The molecule has 0 spiro atoms. The molecule has 5 heteroatoms. The van der Waals surface area contributed by atoms with E-state index in [4.69, 9.17) is 0 Å². The van der Waals surface area contributed by atoms with E-state index in [2.05, 4.69) is 0 Å². The fraction of sp³-hybridized carbons (Fsp3) is 0.600. The largest absolute Gasteiger partial charge is 0.316 e. The van der Waals surface area contributed by atoms with Gasteiger partial charge in [-0.1, -0.05) is 0 Å². The Morgan fingerprint density at radius 1 is 1.20 bits per heavy atom. The molecular formula is C10H14N2O3. The summed E-state index contributed by atoms with van der Waals surface area (Å²) in [6, 6.07) is 0. The van der Waals surface area contributed by atoms with Gasteiger partial charge in [0.1, 0.15) is 6.17 Å². The number of hydroxylamine groups is 2. The molecule has 2 aliphatic heterocycles. The van der Waals surface area contributed by atoms with Crippen LogP contribution in [0, 0.1) is 0 Å². The number of fused-ring (bicyclic) bond motifs is 1. The predicted octanol–water partition coefficient (Wildman–Crippen LogP) is 0.503. The zero-order valence-corrected chi connectivity index (χ0v) is 8.86. The van der Waals surface area contributed by atoms with E-state index >= 15 is 0 Å². The molecule has 0 bridgehead atoms. The molecule has 5 nitrogen and oxygen atoms in total. The van der Waals surface area contributed by atoms with Gasteiger partial charge in [-0.2, -0.15) is 5.06 Å². The van der Waals surface area contributed by atoms with E-state index in [1.807, 2.05) is 0 Å². The van der Waals surface area contributed by atoms with E-state index in [1.165, 1.54) is 0 Å². The third-order valence-corrected chi connectivity index (χ3v) is 3.18. The van der Waals surface area contributed by atoms with Crippen molar-refractivity contribution in [2.24, 2.45) is 0 Å². The molecule has 1 atom stereocenters. The molecule has 0 aromatic rings. The summed E-state index contributed by atoms with van der Waals surface area (Å²) in [6.07, 6.45) is 0.999. The Morgan fingerprint density at radius 2 is 1.80 bits per heavy atom. The van der Waals surface area contributed by atoms with Crippen molar-refractivity contribution in [3.05, 3.63) is 11.1 Å². The van der Waals surface area contributed by atoms with Crippen molar-refractivity contribution < 1.29 is 14.8 Å². The highest BCUT2D eigenvalue weighted by atomic mass is 16.5. The van der Waals surface area contributed by atoms with Gasteiger partial charge in [0.15, 0.2) is 0 Å². The first-order valence-corrected chi connectivity index (χ1v) is 5.05. The van der Waals surface area contributed by atoms with Crippen molar-refractivity contribution in [2.75, 3.05) is 6.54 Å². The molecule has 0 aliphatic carbocycles. The van der Waals surface area contributed by atoms with Crippen LogP contribution >= 0.6 is 0 Å². The number of hydrogen-bond donors (Lipinski definition) is 1. The van der Waals surface area contributed by atoms with Crippen LogP contribution in [0.4, 0.5) is 0 Å². The van der Waals surface area contributed by atoms with Gasteiger partial charge in [-0.15, -0.1) is 0 Å². The van der Waals surface area contributed by atoms with Crippen molar-refractivity contribution in [1.82, 2.24) is 9.96 Å². The van der Waals surface area contributed by atoms with Crippen LogP contribution in [-0.2, 0) is 9.59 Å². The summed E-state index contributed by atoms with van der Waals surface area (Å²) in [6.45, 7) is 3.81. The molecular weight excluding hydrogens is 196 g/mol. The third-order valence-electron chi connectivity index (χ3n) is 3.18. The average molecular weight is 210 g/mol. The Hall–Kier alpha value is -1.36. The summed E-state index contributed by atoms with van der Waals surface area (Å²) >= 11 is 0. The van der Waals surface area contributed by atoms with Gasteiger partial charge in [-0.25, -0.2) is 0 Å². The van der Waals surface area contributed by atoms with Crippen LogP contribution in [0.1, 0.15) is 26.7 Å². The van der Waals surface area contributed by atoms with Crippen molar-refractivity contribution in [3.63, 3.8) is 0 Å². The van der Waals surface area contributed by atoms with Crippen molar-refractivity contribution in [2.45, 2.75) is 32.9 Å². The van der Waals surface area contributed by atoms with E-state index in [0.717, 1.165) is 6.42 Å². The molecule has 15 heavy (non-hydrogen) atoms. The normalized spacial score (nSPS) is 27.3. The molecule has 0 aromatic heterocycles. The zero-order valence-electron chi connectivity index (χ0n) is 8.86. The van der Waals surface area contributed by atoms with Gasteiger partial charge in [0, 0.05) is 17.7 Å². The predicted molar refractivity (Wildman–Crippen MR) is 51.7 cm³/mol. The van der Waals surface area contributed by atoms with Gasteiger partial charge in [-0.05, 0) is 26.7 Å². The van der Waals surface area contributed by atoms with Crippen LogP contribution in [-0.4, -0.2) is 39.7 Å². The van der Waals surface area contributed by atoms with Crippen molar-refractivity contribution >= 4 is 11.8 Å². The van der Waals surface area contributed by atoms with Crippen LogP contribution in [0.15, 0.2) is 11.1 Å². The van der Waals surface area contributed by atoms with Gasteiger partial charge < -0.3 is 4.90 Å². The molecule has 1 fully saturated rings. The number of nitrogens with zero attached hydrogens (tertiary/aromatic N) is 2. The van der Waals surface area contributed by atoms with Crippen LogP contribution < -0.4 is 0 Å². The second-order valence-electron chi connectivity index (χ2n) is 4.02. The number of carbonyl (C=O) groups is 2. The summed E-state index contributed by atoms with van der Waals surface area (Å²) in [4.78, 5) is 25.1. The van der Waals surface area contributed by atoms with Crippen LogP contribution in [0.3, 0.4) is 0 Å². The van der Waals surface area contributed by atoms with Gasteiger partial charge in [0.25, 0.3) is 11.8 Å². The summed E-state index contributed by atoms with van der Waals surface area (Å²) < 4.78 is 0. The number of rotatable bonds is 0. The van der Waals surface area contributed by atoms with E-state index in [9.17, 15) is 14.8 Å². The summed E-state index contributed by atoms with van der Waals surface area (Å²) in [5.41, 5.74) is 0.764. The lowest BCUT2D eigenvalue weighted by Crippen LogP contribution is -2.46. The summed E-state index contributed by atoms with van der Waals surface area (Å²) in [5.74, 6) is -0.602. The van der Waals surface area contributed by atoms with E-state index in [1.54, 1.807) is 18.7 Å². The second kappa shape index (κ2) is 3.34. The Bertz CT molecular complexity index is 362. The fourth-order valence-corrected chi connectivity index (χ4v) is 2.08. The minimum atomic E-state index is -0.475. The van der Waals surface area contributed by atoms with E-state index < -0.39 is 12.1 Å². The lowest BCUT2D eigenvalue weighted by Gasteiger charge is -2.27. The van der Waals surface area contributed by atoms with E-state index in [0.29, 0.717) is 29.2 Å².